The van der Waals surface area contributed by atoms with Crippen molar-refractivity contribution in [1.29, 1.82) is 0 Å². The van der Waals surface area contributed by atoms with Crippen molar-refractivity contribution in [2.75, 3.05) is 6.61 Å². The maximum Gasteiger partial charge on any atom is 0.165 e. The van der Waals surface area contributed by atoms with Gasteiger partial charge in [0, 0.05) is 0 Å². The van der Waals surface area contributed by atoms with Gasteiger partial charge in [0.05, 0.1) is 13.2 Å². The first-order valence-corrected chi connectivity index (χ1v) is 7.38. The predicted molar refractivity (Wildman–Crippen MR) is 81.3 cm³/mol. The number of aromatic nitrogens is 3. The third kappa shape index (κ3) is 3.82. The van der Waals surface area contributed by atoms with Gasteiger partial charge in [-0.25, -0.2) is 9.67 Å². The fourth-order valence-corrected chi connectivity index (χ4v) is 2.26. The SMILES string of the molecule is CCC(C)c1ccccc1OCc1nc(C)nn1CCO. The molecule has 1 aromatic heterocycles. The number of hydrogen-bond acceptors (Lipinski definition) is 4. The molecule has 0 saturated heterocycles. The van der Waals surface area contributed by atoms with Crippen LogP contribution in [0.4, 0.5) is 0 Å². The zero-order valence-electron chi connectivity index (χ0n) is 12.9. The quantitative estimate of drug-likeness (QED) is 0.851. The summed E-state index contributed by atoms with van der Waals surface area (Å²) in [4.78, 5) is 4.35. The molecule has 0 radical (unpaired) electrons. The van der Waals surface area contributed by atoms with E-state index in [1.807, 2.05) is 25.1 Å². The van der Waals surface area contributed by atoms with Crippen molar-refractivity contribution in [2.45, 2.75) is 46.3 Å². The van der Waals surface area contributed by atoms with Crippen LogP contribution in [0.2, 0.25) is 0 Å². The molecule has 0 saturated carbocycles. The number of nitrogens with zero attached hydrogens (tertiary/aromatic N) is 3. The van der Waals surface area contributed by atoms with Crippen LogP contribution >= 0.6 is 0 Å². The number of aliphatic hydroxyl groups excluding tert-OH is 1. The lowest BCUT2D eigenvalue weighted by Gasteiger charge is -2.15. The molecule has 0 spiro atoms. The minimum Gasteiger partial charge on any atom is -0.485 e. The van der Waals surface area contributed by atoms with Gasteiger partial charge in [-0.15, -0.1) is 0 Å². The maximum absolute atomic E-state index is 9.06. The summed E-state index contributed by atoms with van der Waals surface area (Å²) in [6, 6.07) is 8.10. The summed E-state index contributed by atoms with van der Waals surface area (Å²) in [7, 11) is 0. The third-order valence-corrected chi connectivity index (χ3v) is 3.59. The molecular weight excluding hydrogens is 266 g/mol. The second kappa shape index (κ2) is 7.22. The first kappa shape index (κ1) is 15.5. The van der Waals surface area contributed by atoms with Crippen molar-refractivity contribution in [1.82, 2.24) is 14.8 Å². The fourth-order valence-electron chi connectivity index (χ4n) is 2.26. The Hall–Kier alpha value is -1.88. The molecule has 0 amide bonds. The molecule has 5 nitrogen and oxygen atoms in total. The number of para-hydroxylation sites is 1. The molecular formula is C16H23N3O2. The molecule has 21 heavy (non-hydrogen) atoms. The molecule has 0 aliphatic heterocycles. The second-order valence-corrected chi connectivity index (χ2v) is 5.16. The van der Waals surface area contributed by atoms with E-state index in [-0.39, 0.29) is 6.61 Å². The lowest BCUT2D eigenvalue weighted by molar-refractivity contribution is 0.249. The Balaban J connectivity index is 2.13. The van der Waals surface area contributed by atoms with Gasteiger partial charge in [0.25, 0.3) is 0 Å². The largest absolute Gasteiger partial charge is 0.485 e. The van der Waals surface area contributed by atoms with Crippen LogP contribution in [0.15, 0.2) is 24.3 Å². The highest BCUT2D eigenvalue weighted by Gasteiger charge is 2.12. The normalized spacial score (nSPS) is 12.4. The lowest BCUT2D eigenvalue weighted by atomic mass is 9.98. The lowest BCUT2D eigenvalue weighted by Crippen LogP contribution is -2.11. The minimum absolute atomic E-state index is 0.0409. The van der Waals surface area contributed by atoms with Crippen LogP contribution in [0, 0.1) is 6.92 Å². The van der Waals surface area contributed by atoms with E-state index in [2.05, 4.69) is 30.0 Å². The van der Waals surface area contributed by atoms with Crippen molar-refractivity contribution >= 4 is 0 Å². The summed E-state index contributed by atoms with van der Waals surface area (Å²) < 4.78 is 7.64. The Morgan fingerprint density at radius 1 is 1.33 bits per heavy atom. The van der Waals surface area contributed by atoms with E-state index in [0.29, 0.717) is 24.9 Å². The first-order chi connectivity index (χ1) is 10.2. The zero-order valence-corrected chi connectivity index (χ0v) is 12.9. The molecule has 1 N–H and O–H groups in total. The van der Waals surface area contributed by atoms with Gasteiger partial charge in [-0.05, 0) is 30.9 Å². The van der Waals surface area contributed by atoms with Gasteiger partial charge < -0.3 is 9.84 Å². The molecule has 2 aromatic rings. The summed E-state index contributed by atoms with van der Waals surface area (Å²) in [6.07, 6.45) is 1.07. The zero-order chi connectivity index (χ0) is 15.2. The number of aliphatic hydroxyl groups is 1. The highest BCUT2D eigenvalue weighted by atomic mass is 16.5. The van der Waals surface area contributed by atoms with Gasteiger partial charge in [-0.3, -0.25) is 0 Å². The van der Waals surface area contributed by atoms with E-state index in [1.54, 1.807) is 4.68 Å². The second-order valence-electron chi connectivity index (χ2n) is 5.16. The molecule has 1 unspecified atom stereocenters. The monoisotopic (exact) mass is 289 g/mol. The number of ether oxygens (including phenoxy) is 1. The molecule has 0 aliphatic rings. The molecule has 0 aliphatic carbocycles. The van der Waals surface area contributed by atoms with Crippen LogP contribution in [-0.4, -0.2) is 26.5 Å². The maximum atomic E-state index is 9.06. The van der Waals surface area contributed by atoms with Gasteiger partial charge in [-0.1, -0.05) is 32.0 Å². The van der Waals surface area contributed by atoms with Crippen molar-refractivity contribution < 1.29 is 9.84 Å². The molecule has 1 heterocycles. The average Bonchev–Trinajstić information content (AvgIpc) is 2.85. The Morgan fingerprint density at radius 2 is 2.10 bits per heavy atom. The van der Waals surface area contributed by atoms with Crippen LogP contribution in [0.25, 0.3) is 0 Å². The van der Waals surface area contributed by atoms with Gasteiger partial charge in [0.2, 0.25) is 0 Å². The number of hydrogen-bond donors (Lipinski definition) is 1. The summed E-state index contributed by atoms with van der Waals surface area (Å²) in [5.41, 5.74) is 1.21. The van der Waals surface area contributed by atoms with Gasteiger partial charge >= 0.3 is 0 Å². The van der Waals surface area contributed by atoms with Crippen LogP contribution in [0.5, 0.6) is 5.75 Å². The van der Waals surface area contributed by atoms with Crippen molar-refractivity contribution in [2.24, 2.45) is 0 Å². The van der Waals surface area contributed by atoms with E-state index < -0.39 is 0 Å². The van der Waals surface area contributed by atoms with Gasteiger partial charge in [0.15, 0.2) is 5.82 Å². The summed E-state index contributed by atoms with van der Waals surface area (Å²) in [5.74, 6) is 2.78. The molecule has 0 bridgehead atoms. The van der Waals surface area contributed by atoms with E-state index in [0.717, 1.165) is 18.0 Å². The molecule has 1 aromatic carbocycles. The standard InChI is InChI=1S/C16H23N3O2/c1-4-12(2)14-7-5-6-8-15(14)21-11-16-17-13(3)18-19(16)9-10-20/h5-8,12,20H,4,9-11H2,1-3H3. The molecule has 2 rings (SSSR count). The van der Waals surface area contributed by atoms with Crippen LogP contribution in [-0.2, 0) is 13.2 Å². The minimum atomic E-state index is 0.0409. The number of aryl methyl sites for hydroxylation is 1. The molecule has 1 atom stereocenters. The van der Waals surface area contributed by atoms with Crippen LogP contribution < -0.4 is 4.74 Å². The number of benzene rings is 1. The van der Waals surface area contributed by atoms with E-state index >= 15 is 0 Å². The summed E-state index contributed by atoms with van der Waals surface area (Å²) >= 11 is 0. The van der Waals surface area contributed by atoms with Crippen molar-refractivity contribution in [3.05, 3.63) is 41.5 Å². The van der Waals surface area contributed by atoms with E-state index in [9.17, 15) is 0 Å². The summed E-state index contributed by atoms with van der Waals surface area (Å²) in [6.45, 7) is 7.04. The fraction of sp³-hybridized carbons (Fsp3) is 0.500. The van der Waals surface area contributed by atoms with Crippen LogP contribution in [0.1, 0.15) is 43.4 Å². The predicted octanol–water partition coefficient (Wildman–Crippen LogP) is 2.67. The molecule has 5 heteroatoms. The van der Waals surface area contributed by atoms with E-state index in [4.69, 9.17) is 9.84 Å². The van der Waals surface area contributed by atoms with Crippen LogP contribution in [0.3, 0.4) is 0 Å². The smallest absolute Gasteiger partial charge is 0.165 e. The molecule has 0 fully saturated rings. The average molecular weight is 289 g/mol. The number of rotatable bonds is 7. The first-order valence-electron chi connectivity index (χ1n) is 7.38. The van der Waals surface area contributed by atoms with Gasteiger partial charge in [-0.2, -0.15) is 5.10 Å². The Kier molecular flexibility index (Phi) is 5.33. The Bertz CT molecular complexity index is 581. The topological polar surface area (TPSA) is 60.2 Å². The summed E-state index contributed by atoms with van der Waals surface area (Å²) in [5, 5.41) is 13.3. The highest BCUT2D eigenvalue weighted by molar-refractivity contribution is 5.35. The van der Waals surface area contributed by atoms with Crippen molar-refractivity contribution in [3.63, 3.8) is 0 Å². The van der Waals surface area contributed by atoms with Gasteiger partial charge in [0.1, 0.15) is 18.2 Å². The third-order valence-electron chi connectivity index (χ3n) is 3.59. The van der Waals surface area contributed by atoms with Crippen molar-refractivity contribution in [3.8, 4) is 5.75 Å². The van der Waals surface area contributed by atoms with E-state index in [1.165, 1.54) is 5.56 Å². The Labute approximate surface area is 125 Å². The highest BCUT2D eigenvalue weighted by Crippen LogP contribution is 2.28. The Morgan fingerprint density at radius 3 is 2.81 bits per heavy atom. The molecule has 114 valence electrons.